The molecule has 3 aromatic rings. The van der Waals surface area contributed by atoms with Crippen molar-refractivity contribution in [3.05, 3.63) is 95.6 Å². The topological polar surface area (TPSA) is 75.3 Å². The van der Waals surface area contributed by atoms with Crippen LogP contribution in [0.1, 0.15) is 21.5 Å². The first-order valence-electron chi connectivity index (χ1n) is 8.46. The molecule has 0 saturated heterocycles. The molecule has 6 heteroatoms. The van der Waals surface area contributed by atoms with Crippen molar-refractivity contribution in [2.75, 3.05) is 5.32 Å². The molecule has 0 aromatic heterocycles. The molecular formula is C21H20N2O3S. The summed E-state index contributed by atoms with van der Waals surface area (Å²) in [6.45, 7) is 2.12. The molecule has 0 heterocycles. The minimum absolute atomic E-state index is 0.0512. The van der Waals surface area contributed by atoms with E-state index >= 15 is 0 Å². The monoisotopic (exact) mass is 380 g/mol. The van der Waals surface area contributed by atoms with E-state index in [1.165, 1.54) is 12.1 Å². The average molecular weight is 380 g/mol. The van der Waals surface area contributed by atoms with Gasteiger partial charge in [-0.25, -0.2) is 13.1 Å². The van der Waals surface area contributed by atoms with E-state index in [1.807, 2.05) is 55.5 Å². The highest BCUT2D eigenvalue weighted by Gasteiger charge is 2.16. The van der Waals surface area contributed by atoms with Crippen LogP contribution in [-0.4, -0.2) is 14.3 Å². The molecule has 1 amide bonds. The third kappa shape index (κ3) is 5.03. The first-order chi connectivity index (χ1) is 12.9. The van der Waals surface area contributed by atoms with Crippen LogP contribution >= 0.6 is 0 Å². The van der Waals surface area contributed by atoms with Gasteiger partial charge in [0.15, 0.2) is 0 Å². The van der Waals surface area contributed by atoms with Crippen LogP contribution in [0.15, 0.2) is 83.8 Å². The summed E-state index contributed by atoms with van der Waals surface area (Å²) >= 11 is 0. The predicted octanol–water partition coefficient (Wildman–Crippen LogP) is 3.73. The fourth-order valence-corrected chi connectivity index (χ4v) is 3.65. The maximum atomic E-state index is 12.5. The molecule has 0 fully saturated rings. The lowest BCUT2D eigenvalue weighted by Gasteiger charge is -2.09. The second-order valence-electron chi connectivity index (χ2n) is 6.16. The Balaban J connectivity index is 1.74. The maximum absolute atomic E-state index is 12.5. The van der Waals surface area contributed by atoms with Gasteiger partial charge < -0.3 is 5.32 Å². The van der Waals surface area contributed by atoms with Crippen molar-refractivity contribution >= 4 is 21.6 Å². The van der Waals surface area contributed by atoms with Gasteiger partial charge in [-0.3, -0.25) is 4.79 Å². The number of anilines is 1. The van der Waals surface area contributed by atoms with Crippen molar-refractivity contribution in [2.45, 2.75) is 18.4 Å². The van der Waals surface area contributed by atoms with Crippen LogP contribution in [0.3, 0.4) is 0 Å². The smallest absolute Gasteiger partial charge is 0.255 e. The fourth-order valence-electron chi connectivity index (χ4n) is 2.59. The number of carbonyl (C=O) groups excluding carboxylic acids is 1. The predicted molar refractivity (Wildman–Crippen MR) is 106 cm³/mol. The number of sulfonamides is 1. The summed E-state index contributed by atoms with van der Waals surface area (Å²) in [7, 11) is -3.72. The Labute approximate surface area is 159 Å². The molecule has 3 rings (SSSR count). The van der Waals surface area contributed by atoms with Crippen molar-refractivity contribution in [3.8, 4) is 0 Å². The van der Waals surface area contributed by atoms with E-state index in [-0.39, 0.29) is 22.9 Å². The number of hydrogen-bond donors (Lipinski definition) is 2. The van der Waals surface area contributed by atoms with Gasteiger partial charge >= 0.3 is 0 Å². The summed E-state index contributed by atoms with van der Waals surface area (Å²) in [6.07, 6.45) is 0. The van der Waals surface area contributed by atoms with Crippen LogP contribution in [0, 0.1) is 6.92 Å². The minimum atomic E-state index is -3.72. The third-order valence-corrected chi connectivity index (χ3v) is 5.39. The summed E-state index contributed by atoms with van der Waals surface area (Å²) in [6, 6.07) is 22.6. The molecule has 0 radical (unpaired) electrons. The molecule has 0 saturated carbocycles. The number of benzene rings is 3. The summed E-state index contributed by atoms with van der Waals surface area (Å²) in [5.74, 6) is -0.360. The molecule has 0 bridgehead atoms. The highest BCUT2D eigenvalue weighted by molar-refractivity contribution is 7.89. The van der Waals surface area contributed by atoms with Gasteiger partial charge in [0.05, 0.1) is 4.90 Å². The quantitative estimate of drug-likeness (QED) is 0.684. The Kier molecular flexibility index (Phi) is 5.69. The van der Waals surface area contributed by atoms with Crippen molar-refractivity contribution in [1.29, 1.82) is 0 Å². The van der Waals surface area contributed by atoms with E-state index in [2.05, 4.69) is 10.0 Å². The summed E-state index contributed by atoms with van der Waals surface area (Å²) < 4.78 is 27.6. The maximum Gasteiger partial charge on any atom is 0.255 e. The fraction of sp³-hybridized carbons (Fsp3) is 0.0952. The normalized spacial score (nSPS) is 11.1. The van der Waals surface area contributed by atoms with E-state index in [0.29, 0.717) is 5.69 Å². The minimum Gasteiger partial charge on any atom is -0.322 e. The van der Waals surface area contributed by atoms with Crippen LogP contribution in [0.2, 0.25) is 0 Å². The summed E-state index contributed by atoms with van der Waals surface area (Å²) in [5, 5.41) is 2.78. The van der Waals surface area contributed by atoms with E-state index in [1.54, 1.807) is 18.2 Å². The van der Waals surface area contributed by atoms with Gasteiger partial charge in [0.2, 0.25) is 10.0 Å². The Hall–Kier alpha value is -2.96. The van der Waals surface area contributed by atoms with Gasteiger partial charge in [0.1, 0.15) is 0 Å². The molecule has 27 heavy (non-hydrogen) atoms. The number of nitrogens with one attached hydrogen (secondary N) is 2. The Morgan fingerprint density at radius 3 is 2.37 bits per heavy atom. The first-order valence-corrected chi connectivity index (χ1v) is 9.94. The Morgan fingerprint density at radius 2 is 1.63 bits per heavy atom. The van der Waals surface area contributed by atoms with Crippen molar-refractivity contribution in [2.24, 2.45) is 0 Å². The van der Waals surface area contributed by atoms with Crippen molar-refractivity contribution < 1.29 is 13.2 Å². The number of carbonyl (C=O) groups is 1. The molecule has 3 aromatic carbocycles. The molecule has 0 unspecified atom stereocenters. The van der Waals surface area contributed by atoms with Gasteiger partial charge in [0.25, 0.3) is 5.91 Å². The average Bonchev–Trinajstić information content (AvgIpc) is 2.67. The second kappa shape index (κ2) is 8.16. The van der Waals surface area contributed by atoms with Gasteiger partial charge in [-0.15, -0.1) is 0 Å². The molecule has 0 aliphatic heterocycles. The van der Waals surface area contributed by atoms with Gasteiger partial charge in [-0.2, -0.15) is 0 Å². The molecule has 138 valence electrons. The lowest BCUT2D eigenvalue weighted by molar-refractivity contribution is 0.102. The van der Waals surface area contributed by atoms with Crippen LogP contribution in [0.4, 0.5) is 5.69 Å². The Bertz CT molecular complexity index is 1050. The summed E-state index contributed by atoms with van der Waals surface area (Å²) in [5.41, 5.74) is 2.82. The SMILES string of the molecule is Cc1cccc(NC(=O)c2cccc(S(=O)(=O)NCc3ccccc3)c2)c1. The highest BCUT2D eigenvalue weighted by atomic mass is 32.2. The lowest BCUT2D eigenvalue weighted by atomic mass is 10.2. The summed E-state index contributed by atoms with van der Waals surface area (Å²) in [4.78, 5) is 12.5. The lowest BCUT2D eigenvalue weighted by Crippen LogP contribution is -2.23. The van der Waals surface area contributed by atoms with Crippen molar-refractivity contribution in [1.82, 2.24) is 4.72 Å². The van der Waals surface area contributed by atoms with Gasteiger partial charge in [0, 0.05) is 17.8 Å². The molecule has 0 atom stereocenters. The van der Waals surface area contributed by atoms with Crippen molar-refractivity contribution in [3.63, 3.8) is 0 Å². The molecule has 0 aliphatic carbocycles. The second-order valence-corrected chi connectivity index (χ2v) is 7.93. The molecular weight excluding hydrogens is 360 g/mol. The van der Waals surface area contributed by atoms with E-state index in [9.17, 15) is 13.2 Å². The molecule has 0 spiro atoms. The number of rotatable bonds is 6. The first kappa shape index (κ1) is 18.8. The number of aryl methyl sites for hydroxylation is 1. The zero-order valence-corrected chi connectivity index (χ0v) is 15.7. The van der Waals surface area contributed by atoms with Gasteiger partial charge in [-0.1, -0.05) is 48.5 Å². The van der Waals surface area contributed by atoms with Crippen LogP contribution in [-0.2, 0) is 16.6 Å². The van der Waals surface area contributed by atoms with E-state index in [4.69, 9.17) is 0 Å². The largest absolute Gasteiger partial charge is 0.322 e. The Morgan fingerprint density at radius 1 is 0.889 bits per heavy atom. The van der Waals surface area contributed by atoms with Crippen LogP contribution in [0.5, 0.6) is 0 Å². The zero-order valence-electron chi connectivity index (χ0n) is 14.8. The highest BCUT2D eigenvalue weighted by Crippen LogP contribution is 2.15. The van der Waals surface area contributed by atoms with E-state index < -0.39 is 10.0 Å². The third-order valence-electron chi connectivity index (χ3n) is 3.99. The van der Waals surface area contributed by atoms with Crippen LogP contribution < -0.4 is 10.0 Å². The molecule has 2 N–H and O–H groups in total. The van der Waals surface area contributed by atoms with Gasteiger partial charge in [-0.05, 0) is 48.4 Å². The van der Waals surface area contributed by atoms with E-state index in [0.717, 1.165) is 11.1 Å². The number of amides is 1. The zero-order chi connectivity index (χ0) is 19.3. The number of hydrogen-bond acceptors (Lipinski definition) is 3. The molecule has 5 nitrogen and oxygen atoms in total. The molecule has 0 aliphatic rings. The standard InChI is InChI=1S/C21H20N2O3S/c1-16-7-5-11-19(13-16)23-21(24)18-10-6-12-20(14-18)27(25,26)22-15-17-8-3-2-4-9-17/h2-14,22H,15H2,1H3,(H,23,24). The van der Waals surface area contributed by atoms with Crippen LogP contribution in [0.25, 0.3) is 0 Å².